The zero-order valence-electron chi connectivity index (χ0n) is 14.5. The van der Waals surface area contributed by atoms with Gasteiger partial charge in [-0.15, -0.1) is 0 Å². The highest BCUT2D eigenvalue weighted by Crippen LogP contribution is 2.32. The summed E-state index contributed by atoms with van der Waals surface area (Å²) in [7, 11) is 0. The Bertz CT molecular complexity index is 999. The molecule has 0 amide bonds. The summed E-state index contributed by atoms with van der Waals surface area (Å²) in [5.74, 6) is 0.576. The third kappa shape index (κ3) is 3.20. The maximum atomic E-state index is 10.2. The lowest BCUT2D eigenvalue weighted by atomic mass is 10.1. The monoisotopic (exact) mass is 451 g/mol. The first-order valence-electron chi connectivity index (χ1n) is 8.51. The SMILES string of the molecule is OC[C@H]1OC(n2cnc3c(NCc4cccc(Br)c4O)ncnc32)[C@@H](O)[C@@H]1O. The number of halogens is 1. The van der Waals surface area contributed by atoms with Gasteiger partial charge in [-0.1, -0.05) is 12.1 Å². The summed E-state index contributed by atoms with van der Waals surface area (Å²) in [6.45, 7) is -0.114. The summed E-state index contributed by atoms with van der Waals surface area (Å²) in [6.07, 6.45) is -1.51. The molecular weight excluding hydrogens is 434 g/mol. The van der Waals surface area contributed by atoms with Crippen molar-refractivity contribution in [2.75, 3.05) is 11.9 Å². The summed E-state index contributed by atoms with van der Waals surface area (Å²) >= 11 is 3.28. The number of aliphatic hydroxyl groups excluding tert-OH is 3. The molecule has 5 N–H and O–H groups in total. The highest BCUT2D eigenvalue weighted by atomic mass is 79.9. The molecule has 1 fully saturated rings. The Morgan fingerprint density at radius 2 is 2.00 bits per heavy atom. The number of ether oxygens (including phenoxy) is 1. The van der Waals surface area contributed by atoms with E-state index in [-0.39, 0.29) is 5.75 Å². The highest BCUT2D eigenvalue weighted by Gasteiger charge is 2.44. The lowest BCUT2D eigenvalue weighted by Gasteiger charge is -2.16. The zero-order valence-corrected chi connectivity index (χ0v) is 16.1. The summed E-state index contributed by atoms with van der Waals surface area (Å²) in [4.78, 5) is 12.7. The molecule has 148 valence electrons. The number of anilines is 1. The first kappa shape index (κ1) is 19.0. The van der Waals surface area contributed by atoms with Gasteiger partial charge in [-0.3, -0.25) is 4.57 Å². The van der Waals surface area contributed by atoms with Crippen molar-refractivity contribution in [2.45, 2.75) is 31.1 Å². The largest absolute Gasteiger partial charge is 0.506 e. The highest BCUT2D eigenvalue weighted by molar-refractivity contribution is 9.10. The van der Waals surface area contributed by atoms with Gasteiger partial charge in [-0.05, 0) is 22.0 Å². The van der Waals surface area contributed by atoms with Crippen LogP contribution in [0.3, 0.4) is 0 Å². The smallest absolute Gasteiger partial charge is 0.167 e. The van der Waals surface area contributed by atoms with Gasteiger partial charge in [-0.25, -0.2) is 15.0 Å². The number of aromatic nitrogens is 4. The Kier molecular flexibility index (Phi) is 5.17. The number of fused-ring (bicyclic) bond motifs is 1. The third-order valence-electron chi connectivity index (χ3n) is 4.67. The van der Waals surface area contributed by atoms with E-state index in [1.807, 2.05) is 6.07 Å². The number of aliphatic hydroxyl groups is 3. The van der Waals surface area contributed by atoms with Crippen LogP contribution in [-0.4, -0.2) is 64.9 Å². The number of rotatable bonds is 5. The standard InChI is InChI=1S/C17H18BrN5O5/c18-9-3-1-2-8(12(9)25)4-19-15-11-16(21-6-20-15)23(7-22-11)17-14(27)13(26)10(5-24)28-17/h1-3,6-7,10,13-14,17,24-27H,4-5H2,(H,19,20,21)/t10-,13-,14+,17?/m1/s1. The van der Waals surface area contributed by atoms with E-state index in [0.29, 0.717) is 33.6 Å². The number of phenols is 1. The number of imidazole rings is 1. The Balaban J connectivity index is 1.61. The Morgan fingerprint density at radius 3 is 2.75 bits per heavy atom. The number of benzene rings is 1. The van der Waals surface area contributed by atoms with Crippen molar-refractivity contribution in [2.24, 2.45) is 0 Å². The van der Waals surface area contributed by atoms with Crippen LogP contribution in [-0.2, 0) is 11.3 Å². The fraction of sp³-hybridized carbons (Fsp3) is 0.353. The molecule has 0 bridgehead atoms. The van der Waals surface area contributed by atoms with E-state index in [9.17, 15) is 20.4 Å². The predicted octanol–water partition coefficient (Wildman–Crippen LogP) is 0.518. The van der Waals surface area contributed by atoms with Gasteiger partial charge in [0.15, 0.2) is 23.2 Å². The van der Waals surface area contributed by atoms with E-state index in [4.69, 9.17) is 4.74 Å². The summed E-state index contributed by atoms with van der Waals surface area (Å²) in [5.41, 5.74) is 1.50. The lowest BCUT2D eigenvalue weighted by Crippen LogP contribution is -2.33. The summed E-state index contributed by atoms with van der Waals surface area (Å²) < 4.78 is 7.62. The van der Waals surface area contributed by atoms with Crippen molar-refractivity contribution >= 4 is 32.9 Å². The molecule has 0 saturated carbocycles. The topological polar surface area (TPSA) is 146 Å². The average Bonchev–Trinajstić information content (AvgIpc) is 3.25. The number of nitrogens with one attached hydrogen (secondary N) is 1. The molecule has 1 aromatic carbocycles. The van der Waals surface area contributed by atoms with Crippen LogP contribution in [0.4, 0.5) is 5.82 Å². The molecule has 1 aliphatic heterocycles. The molecule has 4 rings (SSSR count). The van der Waals surface area contributed by atoms with Crippen LogP contribution in [0, 0.1) is 0 Å². The minimum absolute atomic E-state index is 0.136. The van der Waals surface area contributed by atoms with Crippen LogP contribution in [0.15, 0.2) is 35.3 Å². The molecule has 3 aromatic rings. The van der Waals surface area contributed by atoms with Crippen molar-refractivity contribution in [3.63, 3.8) is 0 Å². The van der Waals surface area contributed by atoms with Crippen LogP contribution in [0.1, 0.15) is 11.8 Å². The van der Waals surface area contributed by atoms with E-state index in [0.717, 1.165) is 0 Å². The first-order chi connectivity index (χ1) is 13.5. The first-order valence-corrected chi connectivity index (χ1v) is 9.30. The Labute approximate surface area is 167 Å². The van der Waals surface area contributed by atoms with Crippen LogP contribution in [0.2, 0.25) is 0 Å². The second kappa shape index (κ2) is 7.60. The number of hydrogen-bond donors (Lipinski definition) is 5. The number of phenolic OH excluding ortho intramolecular Hbond substituents is 1. The molecule has 28 heavy (non-hydrogen) atoms. The second-order valence-electron chi connectivity index (χ2n) is 6.38. The van der Waals surface area contributed by atoms with Crippen LogP contribution >= 0.6 is 15.9 Å². The van der Waals surface area contributed by atoms with Crippen LogP contribution < -0.4 is 5.32 Å². The van der Waals surface area contributed by atoms with Crippen molar-refractivity contribution in [1.29, 1.82) is 0 Å². The van der Waals surface area contributed by atoms with Gasteiger partial charge in [0.25, 0.3) is 0 Å². The molecule has 10 nitrogen and oxygen atoms in total. The van der Waals surface area contributed by atoms with E-state index in [1.165, 1.54) is 17.2 Å². The molecule has 1 unspecified atom stereocenters. The number of hydrogen-bond acceptors (Lipinski definition) is 9. The number of nitrogens with zero attached hydrogens (tertiary/aromatic N) is 4. The molecule has 0 aliphatic carbocycles. The molecule has 0 radical (unpaired) electrons. The third-order valence-corrected chi connectivity index (χ3v) is 5.31. The summed E-state index contributed by atoms with van der Waals surface area (Å²) in [6, 6.07) is 5.33. The van der Waals surface area contributed by atoms with E-state index in [1.54, 1.807) is 12.1 Å². The van der Waals surface area contributed by atoms with Gasteiger partial charge in [0.1, 0.15) is 30.4 Å². The Hall–Kier alpha value is -2.31. The molecule has 1 saturated heterocycles. The summed E-state index contributed by atoms with van der Waals surface area (Å²) in [5, 5.41) is 42.7. The van der Waals surface area contributed by atoms with Crippen molar-refractivity contribution in [1.82, 2.24) is 19.5 Å². The average molecular weight is 452 g/mol. The van der Waals surface area contributed by atoms with Gasteiger partial charge in [0.05, 0.1) is 17.4 Å². The van der Waals surface area contributed by atoms with E-state index in [2.05, 4.69) is 36.2 Å². The molecule has 0 spiro atoms. The van der Waals surface area contributed by atoms with Gasteiger partial charge < -0.3 is 30.5 Å². The van der Waals surface area contributed by atoms with Crippen LogP contribution in [0.5, 0.6) is 5.75 Å². The number of para-hydroxylation sites is 1. The molecule has 2 aromatic heterocycles. The molecular formula is C17H18BrN5O5. The van der Waals surface area contributed by atoms with Crippen molar-refractivity contribution in [3.8, 4) is 5.75 Å². The quantitative estimate of drug-likeness (QED) is 0.374. The van der Waals surface area contributed by atoms with Gasteiger partial charge in [0, 0.05) is 12.1 Å². The van der Waals surface area contributed by atoms with Gasteiger partial charge >= 0.3 is 0 Å². The van der Waals surface area contributed by atoms with Gasteiger partial charge in [0.2, 0.25) is 0 Å². The molecule has 3 heterocycles. The minimum atomic E-state index is -1.24. The van der Waals surface area contributed by atoms with Crippen molar-refractivity contribution in [3.05, 3.63) is 40.9 Å². The van der Waals surface area contributed by atoms with Crippen molar-refractivity contribution < 1.29 is 25.2 Å². The molecule has 11 heteroatoms. The Morgan fingerprint density at radius 1 is 1.18 bits per heavy atom. The van der Waals surface area contributed by atoms with E-state index >= 15 is 0 Å². The minimum Gasteiger partial charge on any atom is -0.506 e. The second-order valence-corrected chi connectivity index (χ2v) is 7.23. The molecule has 4 atom stereocenters. The zero-order chi connectivity index (χ0) is 19.8. The lowest BCUT2D eigenvalue weighted by molar-refractivity contribution is -0.0511. The van der Waals surface area contributed by atoms with Crippen LogP contribution in [0.25, 0.3) is 11.2 Å². The number of aromatic hydroxyl groups is 1. The maximum absolute atomic E-state index is 10.2. The maximum Gasteiger partial charge on any atom is 0.167 e. The normalized spacial score (nSPS) is 24.7. The fourth-order valence-corrected chi connectivity index (χ4v) is 3.57. The van der Waals surface area contributed by atoms with E-state index < -0.39 is 31.1 Å². The predicted molar refractivity (Wildman–Crippen MR) is 101 cm³/mol. The van der Waals surface area contributed by atoms with Gasteiger partial charge in [-0.2, -0.15) is 0 Å². The molecule has 1 aliphatic rings. The fourth-order valence-electron chi connectivity index (χ4n) is 3.16.